The minimum atomic E-state index is -1.10. The van der Waals surface area contributed by atoms with E-state index in [9.17, 15) is 14.7 Å². The van der Waals surface area contributed by atoms with Gasteiger partial charge in [-0.1, -0.05) is 25.1 Å². The van der Waals surface area contributed by atoms with Gasteiger partial charge in [0.2, 0.25) is 0 Å². The minimum Gasteiger partial charge on any atom is -0.504 e. The summed E-state index contributed by atoms with van der Waals surface area (Å²) in [7, 11) is 0. The van der Waals surface area contributed by atoms with Gasteiger partial charge in [0, 0.05) is 5.56 Å². The second-order valence-corrected chi connectivity index (χ2v) is 4.70. The molecule has 0 unspecified atom stereocenters. The number of phenols is 2. The van der Waals surface area contributed by atoms with Gasteiger partial charge in [0.15, 0.2) is 11.5 Å². The molecule has 0 radical (unpaired) electrons. The smallest absolute Gasteiger partial charge is 0.338 e. The number of carbonyl (C=O) groups excluding carboxylic acids is 1. The molecule has 0 bridgehead atoms. The fraction of sp³-hybridized carbons (Fsp3) is 0.222. The van der Waals surface area contributed by atoms with Crippen LogP contribution in [0.25, 0.3) is 0 Å². The summed E-state index contributed by atoms with van der Waals surface area (Å²) >= 11 is 0. The molecule has 0 aliphatic rings. The van der Waals surface area contributed by atoms with Crippen LogP contribution in [-0.4, -0.2) is 33.9 Å². The Labute approximate surface area is 140 Å². The number of hydrogen-bond acceptors (Lipinski definition) is 5. The Kier molecular flexibility index (Phi) is 7.29. The maximum Gasteiger partial charge on any atom is 0.338 e. The highest BCUT2D eigenvalue weighted by Crippen LogP contribution is 2.31. The highest BCUT2D eigenvalue weighted by molar-refractivity contribution is 5.90. The molecule has 2 rings (SSSR count). The number of aromatic carboxylic acids is 1. The lowest BCUT2D eigenvalue weighted by molar-refractivity contribution is 0.0525. The lowest BCUT2D eigenvalue weighted by Gasteiger charge is -2.06. The molecule has 0 aromatic heterocycles. The van der Waals surface area contributed by atoms with E-state index in [2.05, 4.69) is 0 Å². The van der Waals surface area contributed by atoms with Crippen molar-refractivity contribution in [1.29, 1.82) is 0 Å². The van der Waals surface area contributed by atoms with Crippen LogP contribution < -0.4 is 0 Å². The van der Waals surface area contributed by atoms with Gasteiger partial charge < -0.3 is 20.1 Å². The van der Waals surface area contributed by atoms with Crippen LogP contribution in [0.5, 0.6) is 11.5 Å². The van der Waals surface area contributed by atoms with Gasteiger partial charge in [0.05, 0.1) is 17.7 Å². The molecule has 0 heterocycles. The summed E-state index contributed by atoms with van der Waals surface area (Å²) in [6, 6.07) is 11.4. The number of aromatic hydroxyl groups is 2. The number of carbonyl (C=O) groups is 2. The van der Waals surface area contributed by atoms with E-state index in [0.717, 1.165) is 6.07 Å². The van der Waals surface area contributed by atoms with Crippen molar-refractivity contribution in [1.82, 2.24) is 0 Å². The summed E-state index contributed by atoms with van der Waals surface area (Å²) in [5.74, 6) is -2.00. The van der Waals surface area contributed by atoms with E-state index in [1.807, 2.05) is 18.2 Å². The molecule has 0 aliphatic heterocycles. The standard InChI is InChI=1S/C9H10O4.C9H10O2/c1-2-5-6(9(12)13)3-4-7(10)8(5)11;1-2-11-9(10)8-6-4-3-5-7-8/h3-4,10-11H,2H2,1H3,(H,12,13);3-7H,2H2,1H3. The molecule has 0 saturated carbocycles. The number of ether oxygens (including phenoxy) is 1. The van der Waals surface area contributed by atoms with E-state index in [0.29, 0.717) is 18.6 Å². The maximum atomic E-state index is 11.0. The summed E-state index contributed by atoms with van der Waals surface area (Å²) in [5.41, 5.74) is 0.889. The van der Waals surface area contributed by atoms with E-state index < -0.39 is 5.97 Å². The van der Waals surface area contributed by atoms with Crippen LogP contribution in [0.15, 0.2) is 42.5 Å². The van der Waals surface area contributed by atoms with Gasteiger partial charge in [-0.3, -0.25) is 0 Å². The highest BCUT2D eigenvalue weighted by Gasteiger charge is 2.14. The Bertz CT molecular complexity index is 694. The van der Waals surface area contributed by atoms with E-state index in [1.54, 1.807) is 26.0 Å². The first-order chi connectivity index (χ1) is 11.4. The number of rotatable bonds is 4. The molecule has 6 heteroatoms. The third-order valence-corrected chi connectivity index (χ3v) is 3.13. The summed E-state index contributed by atoms with van der Waals surface area (Å²) < 4.78 is 4.79. The molecular weight excluding hydrogens is 312 g/mol. The molecule has 2 aromatic rings. The average molecular weight is 332 g/mol. The zero-order chi connectivity index (χ0) is 18.1. The SMILES string of the molecule is CCOC(=O)c1ccccc1.CCc1c(C(=O)O)ccc(O)c1O. The number of carboxylic acids is 1. The van der Waals surface area contributed by atoms with Crippen LogP contribution in [0, 0.1) is 0 Å². The molecule has 0 saturated heterocycles. The van der Waals surface area contributed by atoms with Crippen molar-refractivity contribution in [3.8, 4) is 11.5 Å². The Morgan fingerprint density at radius 2 is 1.62 bits per heavy atom. The van der Waals surface area contributed by atoms with Gasteiger partial charge in [0.25, 0.3) is 0 Å². The monoisotopic (exact) mass is 332 g/mol. The average Bonchev–Trinajstić information content (AvgIpc) is 2.58. The van der Waals surface area contributed by atoms with Crippen molar-refractivity contribution in [2.45, 2.75) is 20.3 Å². The molecule has 0 aliphatic carbocycles. The summed E-state index contributed by atoms with van der Waals surface area (Å²) in [5, 5.41) is 27.1. The van der Waals surface area contributed by atoms with E-state index >= 15 is 0 Å². The van der Waals surface area contributed by atoms with Gasteiger partial charge in [-0.2, -0.15) is 0 Å². The molecule has 0 fully saturated rings. The number of phenolic OH excluding ortho intramolecular Hbond substituents is 2. The van der Waals surface area contributed by atoms with Gasteiger partial charge >= 0.3 is 11.9 Å². The number of carboxylic acid groups (broad SMARTS) is 1. The fourth-order valence-corrected chi connectivity index (χ4v) is 1.97. The second kappa shape index (κ2) is 9.19. The predicted molar refractivity (Wildman–Crippen MR) is 88.5 cm³/mol. The first kappa shape index (κ1) is 19.0. The normalized spacial score (nSPS) is 9.58. The first-order valence-electron chi connectivity index (χ1n) is 7.41. The number of esters is 1. The molecule has 128 valence electrons. The largest absolute Gasteiger partial charge is 0.504 e. The Hall–Kier alpha value is -3.02. The molecule has 0 spiro atoms. The molecule has 0 amide bonds. The lowest BCUT2D eigenvalue weighted by Crippen LogP contribution is -2.03. The summed E-state index contributed by atoms with van der Waals surface area (Å²) in [4.78, 5) is 21.7. The zero-order valence-corrected chi connectivity index (χ0v) is 13.5. The molecule has 6 nitrogen and oxygen atoms in total. The van der Waals surface area contributed by atoms with E-state index in [4.69, 9.17) is 14.9 Å². The van der Waals surface area contributed by atoms with Crippen LogP contribution in [0.3, 0.4) is 0 Å². The van der Waals surface area contributed by atoms with Crippen LogP contribution >= 0.6 is 0 Å². The molecule has 24 heavy (non-hydrogen) atoms. The summed E-state index contributed by atoms with van der Waals surface area (Å²) in [6.45, 7) is 3.93. The molecular formula is C18H20O6. The van der Waals surface area contributed by atoms with Gasteiger partial charge in [-0.05, 0) is 37.6 Å². The fourth-order valence-electron chi connectivity index (χ4n) is 1.97. The zero-order valence-electron chi connectivity index (χ0n) is 13.5. The minimum absolute atomic E-state index is 0.0257. The number of hydrogen-bond donors (Lipinski definition) is 3. The second-order valence-electron chi connectivity index (χ2n) is 4.70. The molecule has 0 atom stereocenters. The topological polar surface area (TPSA) is 104 Å². The van der Waals surface area contributed by atoms with Crippen molar-refractivity contribution in [3.05, 3.63) is 59.2 Å². The van der Waals surface area contributed by atoms with Gasteiger partial charge in [0.1, 0.15) is 0 Å². The summed E-state index contributed by atoms with van der Waals surface area (Å²) in [6.07, 6.45) is 0.363. The van der Waals surface area contributed by atoms with E-state index in [-0.39, 0.29) is 28.6 Å². The maximum absolute atomic E-state index is 11.0. The first-order valence-corrected chi connectivity index (χ1v) is 7.41. The lowest BCUT2D eigenvalue weighted by atomic mass is 10.0. The van der Waals surface area contributed by atoms with Crippen LogP contribution in [-0.2, 0) is 11.2 Å². The van der Waals surface area contributed by atoms with Crippen LogP contribution in [0.1, 0.15) is 40.1 Å². The van der Waals surface area contributed by atoms with Gasteiger partial charge in [-0.25, -0.2) is 9.59 Å². The van der Waals surface area contributed by atoms with Crippen molar-refractivity contribution in [3.63, 3.8) is 0 Å². The Balaban J connectivity index is 0.000000243. The van der Waals surface area contributed by atoms with Crippen molar-refractivity contribution in [2.75, 3.05) is 6.61 Å². The molecule has 2 aromatic carbocycles. The molecule has 3 N–H and O–H groups in total. The van der Waals surface area contributed by atoms with Crippen molar-refractivity contribution in [2.24, 2.45) is 0 Å². The third kappa shape index (κ3) is 5.01. The van der Waals surface area contributed by atoms with Gasteiger partial charge in [-0.15, -0.1) is 0 Å². The van der Waals surface area contributed by atoms with Crippen molar-refractivity contribution >= 4 is 11.9 Å². The quantitative estimate of drug-likeness (QED) is 0.586. The van der Waals surface area contributed by atoms with E-state index in [1.165, 1.54) is 6.07 Å². The van der Waals surface area contributed by atoms with Crippen LogP contribution in [0.2, 0.25) is 0 Å². The highest BCUT2D eigenvalue weighted by atomic mass is 16.5. The Morgan fingerprint density at radius 3 is 2.12 bits per heavy atom. The number of benzene rings is 2. The Morgan fingerprint density at radius 1 is 1.00 bits per heavy atom. The van der Waals surface area contributed by atoms with Crippen molar-refractivity contribution < 1.29 is 29.6 Å². The third-order valence-electron chi connectivity index (χ3n) is 3.13. The van der Waals surface area contributed by atoms with Crippen LogP contribution in [0.4, 0.5) is 0 Å². The predicted octanol–water partition coefficient (Wildman–Crippen LogP) is 3.22.